The van der Waals surface area contributed by atoms with Gasteiger partial charge in [-0.1, -0.05) is 0 Å². The number of hydrogen-bond donors (Lipinski definition) is 0. The minimum absolute atomic E-state index is 0.134. The highest BCUT2D eigenvalue weighted by Gasteiger charge is 2.20. The van der Waals surface area contributed by atoms with E-state index >= 15 is 0 Å². The molecule has 6 heteroatoms. The van der Waals surface area contributed by atoms with E-state index in [1.54, 1.807) is 0 Å². The van der Waals surface area contributed by atoms with Crippen LogP contribution in [-0.4, -0.2) is 5.78 Å². The first-order valence-corrected chi connectivity index (χ1v) is 5.84. The molecule has 2 aromatic carbocycles. The second kappa shape index (κ2) is 5.13. The molecule has 0 saturated heterocycles. The van der Waals surface area contributed by atoms with Crippen molar-refractivity contribution in [1.29, 1.82) is 0 Å². The molecule has 0 aliphatic heterocycles. The zero-order valence-corrected chi connectivity index (χ0v) is 10.8. The second-order valence-electron chi connectivity index (χ2n) is 3.68. The molecule has 0 bridgehead atoms. The van der Waals surface area contributed by atoms with Crippen LogP contribution in [0.3, 0.4) is 0 Å². The van der Waals surface area contributed by atoms with Gasteiger partial charge in [0.25, 0.3) is 0 Å². The molecule has 0 spiro atoms. The van der Waals surface area contributed by atoms with Gasteiger partial charge in [0, 0.05) is 5.56 Å². The fourth-order valence-corrected chi connectivity index (χ4v) is 1.74. The van der Waals surface area contributed by atoms with Crippen LogP contribution in [0.4, 0.5) is 17.6 Å². The molecular weight excluding hydrogens is 328 g/mol. The van der Waals surface area contributed by atoms with Crippen LogP contribution < -0.4 is 0 Å². The molecule has 0 saturated carbocycles. The van der Waals surface area contributed by atoms with Gasteiger partial charge in [0.2, 0.25) is 0 Å². The Bertz CT molecular complexity index is 670. The lowest BCUT2D eigenvalue weighted by atomic mass is 10.0. The summed E-state index contributed by atoms with van der Waals surface area (Å²) in [7, 11) is 0. The molecule has 0 aliphatic carbocycles. The minimum Gasteiger partial charge on any atom is -0.288 e. The molecule has 19 heavy (non-hydrogen) atoms. The molecule has 0 heterocycles. The van der Waals surface area contributed by atoms with Gasteiger partial charge in [0.15, 0.2) is 23.2 Å². The maximum absolute atomic E-state index is 13.4. The van der Waals surface area contributed by atoms with Crippen LogP contribution in [0.25, 0.3) is 0 Å². The number of halogens is 5. The fourth-order valence-electron chi connectivity index (χ4n) is 1.49. The highest BCUT2D eigenvalue weighted by molar-refractivity contribution is 9.10. The number of rotatable bonds is 2. The first-order chi connectivity index (χ1) is 8.91. The van der Waals surface area contributed by atoms with Crippen molar-refractivity contribution in [2.75, 3.05) is 0 Å². The van der Waals surface area contributed by atoms with Crippen LogP contribution in [-0.2, 0) is 0 Å². The number of hydrogen-bond acceptors (Lipinski definition) is 1. The summed E-state index contributed by atoms with van der Waals surface area (Å²) >= 11 is 2.90. The van der Waals surface area contributed by atoms with Crippen LogP contribution in [0.1, 0.15) is 15.9 Å². The quantitative estimate of drug-likeness (QED) is 0.457. The van der Waals surface area contributed by atoms with Crippen LogP contribution in [0.15, 0.2) is 34.8 Å². The van der Waals surface area contributed by atoms with E-state index in [0.29, 0.717) is 6.07 Å². The Morgan fingerprint density at radius 1 is 0.895 bits per heavy atom. The standard InChI is InChI=1S/C13H5BrF4O/c14-8-3-1-6(5-10(8)16)13(19)7-2-4-9(15)12(18)11(7)17/h1-5H. The van der Waals surface area contributed by atoms with Crippen molar-refractivity contribution >= 4 is 21.7 Å². The molecule has 2 aromatic rings. The lowest BCUT2D eigenvalue weighted by Gasteiger charge is -2.05. The Morgan fingerprint density at radius 2 is 1.58 bits per heavy atom. The molecule has 2 rings (SSSR count). The molecule has 0 N–H and O–H groups in total. The molecule has 98 valence electrons. The maximum Gasteiger partial charge on any atom is 0.196 e. The summed E-state index contributed by atoms with van der Waals surface area (Å²) in [5.74, 6) is -6.36. The summed E-state index contributed by atoms with van der Waals surface area (Å²) in [5, 5.41) is 0. The Labute approximate surface area is 114 Å². The number of ketones is 1. The fraction of sp³-hybridized carbons (Fsp3) is 0. The van der Waals surface area contributed by atoms with E-state index in [9.17, 15) is 22.4 Å². The molecule has 0 amide bonds. The highest BCUT2D eigenvalue weighted by atomic mass is 79.9. The predicted molar refractivity (Wildman–Crippen MR) is 63.8 cm³/mol. The van der Waals surface area contributed by atoms with Crippen LogP contribution in [0.5, 0.6) is 0 Å². The average molecular weight is 333 g/mol. The van der Waals surface area contributed by atoms with Crippen LogP contribution in [0.2, 0.25) is 0 Å². The highest BCUT2D eigenvalue weighted by Crippen LogP contribution is 2.21. The largest absolute Gasteiger partial charge is 0.288 e. The van der Waals surface area contributed by atoms with Gasteiger partial charge < -0.3 is 0 Å². The third-order valence-electron chi connectivity index (χ3n) is 2.46. The summed E-state index contributed by atoms with van der Waals surface area (Å²) in [5.41, 5.74) is -0.814. The molecule has 1 nitrogen and oxygen atoms in total. The van der Waals surface area contributed by atoms with Crippen LogP contribution in [0, 0.1) is 23.3 Å². The topological polar surface area (TPSA) is 17.1 Å². The van der Waals surface area contributed by atoms with Crippen molar-refractivity contribution in [2.45, 2.75) is 0 Å². The Morgan fingerprint density at radius 3 is 2.21 bits per heavy atom. The zero-order chi connectivity index (χ0) is 14.2. The number of benzene rings is 2. The molecule has 0 aromatic heterocycles. The van der Waals surface area contributed by atoms with E-state index in [4.69, 9.17) is 0 Å². The Kier molecular flexibility index (Phi) is 3.71. The number of carbonyl (C=O) groups excluding carboxylic acids is 1. The summed E-state index contributed by atoms with van der Waals surface area (Å²) in [6, 6.07) is 4.85. The van der Waals surface area contributed by atoms with Gasteiger partial charge in [0.1, 0.15) is 5.82 Å². The molecule has 0 radical (unpaired) electrons. The van der Waals surface area contributed by atoms with Crippen molar-refractivity contribution in [1.82, 2.24) is 0 Å². The van der Waals surface area contributed by atoms with E-state index in [-0.39, 0.29) is 10.0 Å². The first-order valence-electron chi connectivity index (χ1n) is 5.05. The third kappa shape index (κ3) is 2.53. The van der Waals surface area contributed by atoms with Gasteiger partial charge in [0.05, 0.1) is 10.0 Å². The van der Waals surface area contributed by atoms with E-state index in [0.717, 1.165) is 12.1 Å². The van der Waals surface area contributed by atoms with Gasteiger partial charge in [-0.05, 0) is 46.3 Å². The molecule has 0 aliphatic rings. The first kappa shape index (κ1) is 13.7. The molecule has 0 fully saturated rings. The average Bonchev–Trinajstić information content (AvgIpc) is 2.39. The summed E-state index contributed by atoms with van der Waals surface area (Å²) in [6.45, 7) is 0. The summed E-state index contributed by atoms with van der Waals surface area (Å²) < 4.78 is 52.6. The third-order valence-corrected chi connectivity index (χ3v) is 3.10. The second-order valence-corrected chi connectivity index (χ2v) is 4.54. The van der Waals surface area contributed by atoms with Gasteiger partial charge in [-0.3, -0.25) is 4.79 Å². The zero-order valence-electron chi connectivity index (χ0n) is 9.18. The van der Waals surface area contributed by atoms with E-state index < -0.39 is 34.6 Å². The van der Waals surface area contributed by atoms with E-state index in [1.807, 2.05) is 0 Å². The van der Waals surface area contributed by atoms with Crippen molar-refractivity contribution in [3.63, 3.8) is 0 Å². The number of carbonyl (C=O) groups is 1. The van der Waals surface area contributed by atoms with E-state index in [1.165, 1.54) is 12.1 Å². The normalized spacial score (nSPS) is 10.6. The van der Waals surface area contributed by atoms with Crippen molar-refractivity contribution in [2.24, 2.45) is 0 Å². The molecule has 0 atom stereocenters. The van der Waals surface area contributed by atoms with Gasteiger partial charge in [-0.25, -0.2) is 17.6 Å². The van der Waals surface area contributed by atoms with Crippen molar-refractivity contribution in [3.05, 3.63) is 69.2 Å². The van der Waals surface area contributed by atoms with Gasteiger partial charge in [-0.15, -0.1) is 0 Å². The minimum atomic E-state index is -1.73. The molecule has 0 unspecified atom stereocenters. The maximum atomic E-state index is 13.4. The SMILES string of the molecule is O=C(c1ccc(Br)c(F)c1)c1ccc(F)c(F)c1F. The Balaban J connectivity index is 2.50. The van der Waals surface area contributed by atoms with Crippen LogP contribution >= 0.6 is 15.9 Å². The predicted octanol–water partition coefficient (Wildman–Crippen LogP) is 4.24. The van der Waals surface area contributed by atoms with E-state index in [2.05, 4.69) is 15.9 Å². The van der Waals surface area contributed by atoms with Crippen molar-refractivity contribution in [3.8, 4) is 0 Å². The Hall–Kier alpha value is -1.69. The summed E-state index contributed by atoms with van der Waals surface area (Å²) in [4.78, 5) is 11.9. The van der Waals surface area contributed by atoms with Gasteiger partial charge in [-0.2, -0.15) is 0 Å². The van der Waals surface area contributed by atoms with Crippen molar-refractivity contribution < 1.29 is 22.4 Å². The van der Waals surface area contributed by atoms with Gasteiger partial charge >= 0.3 is 0 Å². The summed E-state index contributed by atoms with van der Waals surface area (Å²) in [6.07, 6.45) is 0. The smallest absolute Gasteiger partial charge is 0.196 e. The lowest BCUT2D eigenvalue weighted by Crippen LogP contribution is -2.07. The molecular formula is C13H5BrF4O. The monoisotopic (exact) mass is 332 g/mol. The lowest BCUT2D eigenvalue weighted by molar-refractivity contribution is 0.103.